The molecular weight excluding hydrogens is 615 g/mol. The number of aromatic nitrogens is 1. The van der Waals surface area contributed by atoms with Crippen LogP contribution >= 0.6 is 7.60 Å². The number of nitrogens with zero attached hydrogens (tertiary/aromatic N) is 1. The second kappa shape index (κ2) is 23.0. The number of ether oxygens (including phenoxy) is 2. The molecule has 1 aromatic carbocycles. The maximum Gasteiger partial charge on any atom is 0.332 e. The average Bonchev–Trinajstić information content (AvgIpc) is 3.07. The minimum Gasteiger partial charge on any atom is -0.496 e. The highest BCUT2D eigenvalue weighted by atomic mass is 31.2. The summed E-state index contributed by atoms with van der Waals surface area (Å²) in [6.07, 6.45) is 17.3. The molecule has 9 nitrogen and oxygen atoms in total. The summed E-state index contributed by atoms with van der Waals surface area (Å²) in [4.78, 5) is 17.4. The first kappa shape index (κ1) is 40.7. The van der Waals surface area contributed by atoms with Crippen molar-refractivity contribution in [2.45, 2.75) is 136 Å². The van der Waals surface area contributed by atoms with Gasteiger partial charge in [0.05, 0.1) is 31.1 Å². The normalized spacial score (nSPS) is 12.9. The van der Waals surface area contributed by atoms with Crippen LogP contribution in [0.25, 0.3) is 0 Å². The minimum atomic E-state index is -3.49. The van der Waals surface area contributed by atoms with Gasteiger partial charge in [-0.25, -0.2) is 0 Å². The second-order valence-electron chi connectivity index (χ2n) is 12.6. The summed E-state index contributed by atoms with van der Waals surface area (Å²) in [6.45, 7) is 6.47. The molecule has 0 fully saturated rings. The van der Waals surface area contributed by atoms with E-state index in [0.717, 1.165) is 47.4 Å². The Kier molecular flexibility index (Phi) is 19.9. The number of rotatable bonds is 26. The van der Waals surface area contributed by atoms with Crippen molar-refractivity contribution in [2.75, 3.05) is 27.5 Å². The number of carbonyl (C=O) groups is 1. The summed E-state index contributed by atoms with van der Waals surface area (Å²) in [5, 5.41) is 14.1. The van der Waals surface area contributed by atoms with E-state index < -0.39 is 19.7 Å². The van der Waals surface area contributed by atoms with Crippen molar-refractivity contribution >= 4 is 13.5 Å². The third-order valence-electron chi connectivity index (χ3n) is 8.79. The molecule has 0 aliphatic rings. The molecule has 0 saturated heterocycles. The fourth-order valence-corrected chi connectivity index (χ4v) is 6.95. The number of aliphatic hydroxyl groups excluding tert-OH is 1. The van der Waals surface area contributed by atoms with Crippen molar-refractivity contribution in [1.29, 1.82) is 0 Å². The van der Waals surface area contributed by atoms with Gasteiger partial charge in [0.2, 0.25) is 5.91 Å². The van der Waals surface area contributed by atoms with E-state index in [1.54, 1.807) is 13.3 Å². The van der Waals surface area contributed by atoms with Crippen molar-refractivity contribution in [3.05, 3.63) is 52.8 Å². The Morgan fingerprint density at radius 1 is 0.872 bits per heavy atom. The average molecular weight is 677 g/mol. The van der Waals surface area contributed by atoms with Crippen molar-refractivity contribution in [3.63, 3.8) is 0 Å². The first-order valence-electron chi connectivity index (χ1n) is 17.5. The van der Waals surface area contributed by atoms with Gasteiger partial charge in [0.25, 0.3) is 0 Å². The lowest BCUT2D eigenvalue weighted by atomic mass is 10.0. The Labute approximate surface area is 284 Å². The zero-order valence-electron chi connectivity index (χ0n) is 29.9. The Balaban J connectivity index is 1.85. The molecule has 2 rings (SSSR count). The van der Waals surface area contributed by atoms with Crippen molar-refractivity contribution < 1.29 is 33.0 Å². The summed E-state index contributed by atoms with van der Waals surface area (Å²) < 4.78 is 34.4. The number of methoxy groups -OCH3 is 1. The number of nitrogens with one attached hydrogen (secondary N) is 1. The minimum absolute atomic E-state index is 0.127. The van der Waals surface area contributed by atoms with Gasteiger partial charge in [0.1, 0.15) is 18.1 Å². The predicted octanol–water partition coefficient (Wildman–Crippen LogP) is 8.64. The lowest BCUT2D eigenvalue weighted by molar-refractivity contribution is -0.122. The predicted molar refractivity (Wildman–Crippen MR) is 189 cm³/mol. The standard InChI is InChI=1S/C37H61N2O7P/c1-7-8-9-10-11-12-13-14-15-16-17-18-19-20-36(41)39-33(35(40)28-47(42,44-5)45-6)25-31-21-23-32(24-22-31)46-27-34-30(3)37(43-4)29(2)26-38-34/h21-24,26,33,35,40H,7-20,25,27-28H2,1-6H3,(H,39,41)/t33?,35-/m1/s1. The van der Waals surface area contributed by atoms with Gasteiger partial charge in [-0.3, -0.25) is 14.3 Å². The van der Waals surface area contributed by atoms with Gasteiger partial charge in [0, 0.05) is 38.0 Å². The molecule has 10 heteroatoms. The molecule has 2 aromatic rings. The molecule has 0 saturated carbocycles. The van der Waals surface area contributed by atoms with E-state index in [1.165, 1.54) is 78.4 Å². The highest BCUT2D eigenvalue weighted by Crippen LogP contribution is 2.47. The van der Waals surface area contributed by atoms with Crippen LogP contribution in [0.5, 0.6) is 11.5 Å². The van der Waals surface area contributed by atoms with E-state index in [0.29, 0.717) is 25.2 Å². The first-order chi connectivity index (χ1) is 22.7. The summed E-state index contributed by atoms with van der Waals surface area (Å²) in [6, 6.07) is 6.84. The van der Waals surface area contributed by atoms with E-state index in [1.807, 2.05) is 38.1 Å². The van der Waals surface area contributed by atoms with E-state index in [4.69, 9.17) is 18.5 Å². The third kappa shape index (κ3) is 15.5. The van der Waals surface area contributed by atoms with Crippen LogP contribution in [0, 0.1) is 13.8 Å². The van der Waals surface area contributed by atoms with Crippen LogP contribution in [0.2, 0.25) is 0 Å². The van der Waals surface area contributed by atoms with Crippen LogP contribution in [0.1, 0.15) is 119 Å². The smallest absolute Gasteiger partial charge is 0.332 e. The van der Waals surface area contributed by atoms with Gasteiger partial charge in [0.15, 0.2) is 0 Å². The molecule has 0 aliphatic carbocycles. The molecule has 0 aliphatic heterocycles. The van der Waals surface area contributed by atoms with Crippen LogP contribution in [0.15, 0.2) is 30.5 Å². The molecule has 0 radical (unpaired) electrons. The molecule has 1 aromatic heterocycles. The molecule has 2 N–H and O–H groups in total. The number of aryl methyl sites for hydroxylation is 1. The van der Waals surface area contributed by atoms with E-state index >= 15 is 0 Å². The lowest BCUT2D eigenvalue weighted by Gasteiger charge is -2.26. The van der Waals surface area contributed by atoms with Crippen LogP contribution in [-0.2, 0) is 31.4 Å². The van der Waals surface area contributed by atoms with Gasteiger partial charge < -0.3 is 28.9 Å². The fraction of sp³-hybridized carbons (Fsp3) is 0.676. The Morgan fingerprint density at radius 3 is 1.96 bits per heavy atom. The summed E-state index contributed by atoms with van der Waals surface area (Å²) in [5.41, 5.74) is 3.60. The fourth-order valence-electron chi connectivity index (χ4n) is 5.79. The summed E-state index contributed by atoms with van der Waals surface area (Å²) >= 11 is 0. The topological polar surface area (TPSA) is 116 Å². The maximum atomic E-state index is 12.9. The number of hydrogen-bond acceptors (Lipinski definition) is 8. The maximum absolute atomic E-state index is 12.9. The van der Waals surface area contributed by atoms with Crippen LogP contribution < -0.4 is 14.8 Å². The molecule has 1 heterocycles. The van der Waals surface area contributed by atoms with Crippen molar-refractivity contribution in [1.82, 2.24) is 10.3 Å². The summed E-state index contributed by atoms with van der Waals surface area (Å²) in [5.74, 6) is 1.35. The zero-order valence-corrected chi connectivity index (χ0v) is 30.7. The first-order valence-corrected chi connectivity index (χ1v) is 19.3. The molecule has 266 valence electrons. The molecule has 2 atom stereocenters. The van der Waals surface area contributed by atoms with Crippen LogP contribution in [0.4, 0.5) is 0 Å². The van der Waals surface area contributed by atoms with E-state index in [-0.39, 0.29) is 12.1 Å². The monoisotopic (exact) mass is 676 g/mol. The van der Waals surface area contributed by atoms with Gasteiger partial charge in [-0.15, -0.1) is 0 Å². The largest absolute Gasteiger partial charge is 0.496 e. The molecule has 1 amide bonds. The van der Waals surface area contributed by atoms with Gasteiger partial charge >= 0.3 is 7.60 Å². The van der Waals surface area contributed by atoms with Crippen molar-refractivity contribution in [2.24, 2.45) is 0 Å². The third-order valence-corrected chi connectivity index (χ3v) is 10.7. The van der Waals surface area contributed by atoms with Crippen molar-refractivity contribution in [3.8, 4) is 11.5 Å². The van der Waals surface area contributed by atoms with Gasteiger partial charge in [-0.1, -0.05) is 96.1 Å². The highest BCUT2D eigenvalue weighted by Gasteiger charge is 2.31. The van der Waals surface area contributed by atoms with E-state index in [2.05, 4.69) is 17.2 Å². The lowest BCUT2D eigenvalue weighted by Crippen LogP contribution is -2.46. The van der Waals surface area contributed by atoms with Gasteiger partial charge in [-0.05, 0) is 44.4 Å². The van der Waals surface area contributed by atoms with Crippen LogP contribution in [-0.4, -0.2) is 55.6 Å². The number of amides is 1. The molecule has 0 spiro atoms. The van der Waals surface area contributed by atoms with Gasteiger partial charge in [-0.2, -0.15) is 0 Å². The quantitative estimate of drug-likeness (QED) is 0.0752. The number of hydrogen-bond donors (Lipinski definition) is 2. The number of carbonyl (C=O) groups excluding carboxylic acids is 1. The molecule has 47 heavy (non-hydrogen) atoms. The summed E-state index contributed by atoms with van der Waals surface area (Å²) in [7, 11) is 0.748. The molecular formula is C37H61N2O7P. The number of pyridine rings is 1. The second-order valence-corrected chi connectivity index (χ2v) is 14.9. The highest BCUT2D eigenvalue weighted by molar-refractivity contribution is 7.53. The number of benzene rings is 1. The number of unbranched alkanes of at least 4 members (excludes halogenated alkanes) is 12. The Bertz CT molecular complexity index is 1200. The van der Waals surface area contributed by atoms with E-state index in [9.17, 15) is 14.5 Å². The Hall–Kier alpha value is -2.45. The Morgan fingerprint density at radius 2 is 1.43 bits per heavy atom. The number of aliphatic hydroxyl groups is 1. The molecule has 1 unspecified atom stereocenters. The zero-order chi connectivity index (χ0) is 34.5. The van der Waals surface area contributed by atoms with Crippen LogP contribution in [0.3, 0.4) is 0 Å². The SMILES string of the molecule is CCCCCCCCCCCCCCCC(=O)NC(Cc1ccc(OCc2ncc(C)c(OC)c2C)cc1)[C@H](O)CP(=O)(OC)OC. The molecule has 0 bridgehead atoms.